The molecule has 0 aromatic heterocycles. The van der Waals surface area contributed by atoms with E-state index in [1.54, 1.807) is 29.2 Å². The maximum atomic E-state index is 10.8. The Balaban J connectivity index is 2.83. The molecule has 0 saturated carbocycles. The second-order valence-electron chi connectivity index (χ2n) is 3.91. The van der Waals surface area contributed by atoms with Crippen LogP contribution in [0.5, 0.6) is 0 Å². The number of carbonyl (C=O) groups excluding carboxylic acids is 1. The van der Waals surface area contributed by atoms with E-state index in [1.807, 2.05) is 6.92 Å². The Hall–Kier alpha value is -1.80. The molecule has 0 unspecified atom stereocenters. The van der Waals surface area contributed by atoms with Gasteiger partial charge in [0.05, 0.1) is 5.75 Å². The van der Waals surface area contributed by atoms with Crippen molar-refractivity contribution in [2.24, 2.45) is 5.73 Å². The third-order valence-electron chi connectivity index (χ3n) is 2.48. The lowest BCUT2D eigenvalue weighted by Gasteiger charge is -2.23. The zero-order valence-corrected chi connectivity index (χ0v) is 11.4. The van der Waals surface area contributed by atoms with Crippen molar-refractivity contribution < 1.29 is 17.8 Å². The first-order valence-electron chi connectivity index (χ1n) is 5.68. The molecule has 0 aliphatic carbocycles. The van der Waals surface area contributed by atoms with Crippen molar-refractivity contribution in [3.8, 4) is 0 Å². The SMILES string of the molecule is CCN(CCS(=O)(=O)O)c1cccc(NC(N)=O)c1. The fourth-order valence-electron chi connectivity index (χ4n) is 1.62. The zero-order valence-electron chi connectivity index (χ0n) is 10.5. The molecule has 19 heavy (non-hydrogen) atoms. The van der Waals surface area contributed by atoms with Gasteiger partial charge in [-0.05, 0) is 25.1 Å². The molecule has 0 atom stereocenters. The lowest BCUT2D eigenvalue weighted by atomic mass is 10.2. The number of amides is 2. The highest BCUT2D eigenvalue weighted by atomic mass is 32.2. The van der Waals surface area contributed by atoms with E-state index in [9.17, 15) is 13.2 Å². The molecule has 1 rings (SSSR count). The maximum absolute atomic E-state index is 10.8. The summed E-state index contributed by atoms with van der Waals surface area (Å²) in [6.45, 7) is 2.59. The van der Waals surface area contributed by atoms with Crippen molar-refractivity contribution in [2.75, 3.05) is 29.1 Å². The Morgan fingerprint density at radius 2 is 2.16 bits per heavy atom. The second kappa shape index (κ2) is 6.39. The van der Waals surface area contributed by atoms with E-state index >= 15 is 0 Å². The van der Waals surface area contributed by atoms with Crippen molar-refractivity contribution in [2.45, 2.75) is 6.92 Å². The average Bonchev–Trinajstić information content (AvgIpc) is 2.28. The van der Waals surface area contributed by atoms with E-state index in [0.29, 0.717) is 12.2 Å². The number of nitrogens with zero attached hydrogens (tertiary/aromatic N) is 1. The van der Waals surface area contributed by atoms with E-state index in [-0.39, 0.29) is 12.3 Å². The smallest absolute Gasteiger partial charge is 0.316 e. The molecular formula is C11H17N3O4S. The van der Waals surface area contributed by atoms with Gasteiger partial charge in [0, 0.05) is 24.5 Å². The number of urea groups is 1. The highest BCUT2D eigenvalue weighted by Crippen LogP contribution is 2.19. The summed E-state index contributed by atoms with van der Waals surface area (Å²) in [7, 11) is -4.00. The molecule has 0 saturated heterocycles. The molecule has 0 bridgehead atoms. The van der Waals surface area contributed by atoms with Crippen LogP contribution in [0.2, 0.25) is 0 Å². The first-order valence-corrected chi connectivity index (χ1v) is 7.29. The molecule has 0 aliphatic heterocycles. The van der Waals surface area contributed by atoms with Crippen LogP contribution in [0, 0.1) is 0 Å². The molecule has 0 aliphatic rings. The minimum absolute atomic E-state index is 0.162. The van der Waals surface area contributed by atoms with Crippen LogP contribution in [-0.2, 0) is 10.1 Å². The van der Waals surface area contributed by atoms with Gasteiger partial charge in [0.15, 0.2) is 0 Å². The number of primary amides is 1. The van der Waals surface area contributed by atoms with Crippen molar-refractivity contribution in [1.82, 2.24) is 0 Å². The Bertz CT molecular complexity index is 545. The number of hydrogen-bond acceptors (Lipinski definition) is 4. The molecule has 0 fully saturated rings. The largest absolute Gasteiger partial charge is 0.371 e. The Labute approximate surface area is 112 Å². The second-order valence-corrected chi connectivity index (χ2v) is 5.48. The topological polar surface area (TPSA) is 113 Å². The average molecular weight is 287 g/mol. The van der Waals surface area contributed by atoms with Crippen LogP contribution >= 0.6 is 0 Å². The predicted molar refractivity (Wildman–Crippen MR) is 74.0 cm³/mol. The molecule has 2 amide bonds. The van der Waals surface area contributed by atoms with E-state index in [2.05, 4.69) is 5.32 Å². The number of anilines is 2. The fourth-order valence-corrected chi connectivity index (χ4v) is 2.07. The standard InChI is InChI=1S/C11H17N3O4S/c1-2-14(6-7-19(16,17)18)10-5-3-4-9(8-10)13-11(12)15/h3-5,8H,2,6-7H2,1H3,(H3,12,13,15)(H,16,17,18). The molecule has 106 valence electrons. The van der Waals surface area contributed by atoms with Crippen LogP contribution < -0.4 is 16.0 Å². The predicted octanol–water partition coefficient (Wildman–Crippen LogP) is 0.891. The van der Waals surface area contributed by atoms with Crippen LogP contribution in [0.15, 0.2) is 24.3 Å². The van der Waals surface area contributed by atoms with Gasteiger partial charge in [0.1, 0.15) is 0 Å². The number of carbonyl (C=O) groups is 1. The minimum Gasteiger partial charge on any atom is -0.371 e. The molecule has 1 aromatic rings. The minimum atomic E-state index is -4.00. The molecular weight excluding hydrogens is 270 g/mol. The van der Waals surface area contributed by atoms with Gasteiger partial charge in [-0.1, -0.05) is 6.07 Å². The summed E-state index contributed by atoms with van der Waals surface area (Å²) >= 11 is 0. The van der Waals surface area contributed by atoms with Crippen molar-refractivity contribution in [3.63, 3.8) is 0 Å². The van der Waals surface area contributed by atoms with Gasteiger partial charge in [0.2, 0.25) is 0 Å². The Kier molecular flexibility index (Phi) is 5.13. The summed E-state index contributed by atoms with van der Waals surface area (Å²) in [6.07, 6.45) is 0. The van der Waals surface area contributed by atoms with Gasteiger partial charge in [-0.2, -0.15) is 8.42 Å². The first-order chi connectivity index (χ1) is 8.81. The number of nitrogens with one attached hydrogen (secondary N) is 1. The lowest BCUT2D eigenvalue weighted by molar-refractivity contribution is 0.259. The van der Waals surface area contributed by atoms with Crippen LogP contribution in [0.1, 0.15) is 6.92 Å². The van der Waals surface area contributed by atoms with Crippen LogP contribution in [0.4, 0.5) is 16.2 Å². The molecule has 1 aromatic carbocycles. The summed E-state index contributed by atoms with van der Waals surface area (Å²) in [4.78, 5) is 12.5. The molecule has 7 nitrogen and oxygen atoms in total. The van der Waals surface area contributed by atoms with Crippen LogP contribution in [0.25, 0.3) is 0 Å². The van der Waals surface area contributed by atoms with Crippen LogP contribution in [-0.4, -0.2) is 37.8 Å². The summed E-state index contributed by atoms with van der Waals surface area (Å²) in [5.41, 5.74) is 6.28. The first kappa shape index (κ1) is 15.3. The molecule has 0 radical (unpaired) electrons. The van der Waals surface area contributed by atoms with Crippen molar-refractivity contribution in [3.05, 3.63) is 24.3 Å². The summed E-state index contributed by atoms with van der Waals surface area (Å²) in [5, 5.41) is 2.44. The van der Waals surface area contributed by atoms with Gasteiger partial charge >= 0.3 is 6.03 Å². The van der Waals surface area contributed by atoms with E-state index < -0.39 is 16.1 Å². The molecule has 4 N–H and O–H groups in total. The fraction of sp³-hybridized carbons (Fsp3) is 0.364. The number of nitrogens with two attached hydrogens (primary N) is 1. The van der Waals surface area contributed by atoms with Gasteiger partial charge in [-0.25, -0.2) is 4.79 Å². The van der Waals surface area contributed by atoms with E-state index in [4.69, 9.17) is 10.3 Å². The Morgan fingerprint density at radius 3 is 2.68 bits per heavy atom. The monoisotopic (exact) mass is 287 g/mol. The molecule has 8 heteroatoms. The lowest BCUT2D eigenvalue weighted by Crippen LogP contribution is -2.29. The Morgan fingerprint density at radius 1 is 1.47 bits per heavy atom. The molecule has 0 heterocycles. The third kappa shape index (κ3) is 5.58. The van der Waals surface area contributed by atoms with Gasteiger partial charge < -0.3 is 16.0 Å². The maximum Gasteiger partial charge on any atom is 0.316 e. The van der Waals surface area contributed by atoms with E-state index in [0.717, 1.165) is 5.69 Å². The quantitative estimate of drug-likeness (QED) is 0.672. The number of hydrogen-bond donors (Lipinski definition) is 3. The number of rotatable bonds is 6. The van der Waals surface area contributed by atoms with Gasteiger partial charge in [-0.3, -0.25) is 4.55 Å². The van der Waals surface area contributed by atoms with Crippen LogP contribution in [0.3, 0.4) is 0 Å². The normalized spacial score (nSPS) is 11.1. The van der Waals surface area contributed by atoms with E-state index in [1.165, 1.54) is 0 Å². The summed E-state index contributed by atoms with van der Waals surface area (Å²) in [6, 6.07) is 6.18. The van der Waals surface area contributed by atoms with Crippen molar-refractivity contribution >= 4 is 27.5 Å². The van der Waals surface area contributed by atoms with Gasteiger partial charge in [-0.15, -0.1) is 0 Å². The highest BCUT2D eigenvalue weighted by Gasteiger charge is 2.10. The third-order valence-corrected chi connectivity index (χ3v) is 3.18. The number of benzene rings is 1. The molecule has 0 spiro atoms. The highest BCUT2D eigenvalue weighted by molar-refractivity contribution is 7.85. The summed E-state index contributed by atoms with van der Waals surface area (Å²) < 4.78 is 30.3. The van der Waals surface area contributed by atoms with Crippen molar-refractivity contribution in [1.29, 1.82) is 0 Å². The summed E-state index contributed by atoms with van der Waals surface area (Å²) in [5.74, 6) is -0.353. The van der Waals surface area contributed by atoms with Gasteiger partial charge in [0.25, 0.3) is 10.1 Å². The zero-order chi connectivity index (χ0) is 14.5.